The molecule has 0 saturated carbocycles. The average molecular weight is 258 g/mol. The van der Waals surface area contributed by atoms with E-state index in [9.17, 15) is 4.79 Å². The number of nitrogens with two attached hydrogens (primary N) is 1. The number of carbonyl (C=O) groups excluding carboxylic acids is 1. The molecule has 2 unspecified atom stereocenters. The van der Waals surface area contributed by atoms with Crippen LogP contribution in [0.5, 0.6) is 0 Å². The average Bonchev–Trinajstić information content (AvgIpc) is 2.46. The highest BCUT2D eigenvalue weighted by Gasteiger charge is 2.26. The van der Waals surface area contributed by atoms with Crippen molar-refractivity contribution in [1.29, 1.82) is 0 Å². The minimum absolute atomic E-state index is 0.0919. The third kappa shape index (κ3) is 3.67. The lowest BCUT2D eigenvalue weighted by molar-refractivity contribution is -0.128. The Kier molecular flexibility index (Phi) is 4.74. The van der Waals surface area contributed by atoms with Crippen LogP contribution in [0.25, 0.3) is 6.08 Å². The van der Waals surface area contributed by atoms with Crippen LogP contribution in [0, 0.1) is 11.8 Å². The molecular formula is C16H22N2O. The second-order valence-corrected chi connectivity index (χ2v) is 5.29. The number of nitrogens with zero attached hydrogens (tertiary/aromatic N) is 1. The Hall–Kier alpha value is -1.61. The van der Waals surface area contributed by atoms with Crippen molar-refractivity contribution in [1.82, 2.24) is 4.90 Å². The predicted octanol–water partition coefficient (Wildman–Crippen LogP) is 2.14. The van der Waals surface area contributed by atoms with Crippen molar-refractivity contribution < 1.29 is 4.79 Å². The summed E-state index contributed by atoms with van der Waals surface area (Å²) in [6.07, 6.45) is 4.59. The Bertz CT molecular complexity index is 441. The molecule has 2 rings (SSSR count). The number of carbonyl (C=O) groups is 1. The second-order valence-electron chi connectivity index (χ2n) is 5.29. The van der Waals surface area contributed by atoms with Crippen LogP contribution in [0.15, 0.2) is 36.4 Å². The van der Waals surface area contributed by atoms with Gasteiger partial charge in [0.05, 0.1) is 0 Å². The van der Waals surface area contributed by atoms with Crippen LogP contribution in [0.2, 0.25) is 0 Å². The number of amides is 1. The Labute approximate surface area is 115 Å². The number of piperidine rings is 1. The van der Waals surface area contributed by atoms with Gasteiger partial charge in [-0.3, -0.25) is 4.79 Å². The maximum absolute atomic E-state index is 12.1. The van der Waals surface area contributed by atoms with Crippen LogP contribution in [0.3, 0.4) is 0 Å². The van der Waals surface area contributed by atoms with E-state index < -0.39 is 0 Å². The molecule has 0 bridgehead atoms. The fourth-order valence-electron chi connectivity index (χ4n) is 2.49. The molecule has 102 valence electrons. The van der Waals surface area contributed by atoms with Crippen LogP contribution < -0.4 is 5.73 Å². The van der Waals surface area contributed by atoms with Gasteiger partial charge in [0.15, 0.2) is 0 Å². The van der Waals surface area contributed by atoms with Crippen molar-refractivity contribution in [3.63, 3.8) is 0 Å². The van der Waals surface area contributed by atoms with Gasteiger partial charge in [-0.15, -0.1) is 0 Å². The normalized spacial score (nSPS) is 23.8. The molecular weight excluding hydrogens is 236 g/mol. The molecule has 1 aliphatic heterocycles. The summed E-state index contributed by atoms with van der Waals surface area (Å²) in [7, 11) is 0. The minimum Gasteiger partial charge on any atom is -0.339 e. The topological polar surface area (TPSA) is 46.3 Å². The Balaban J connectivity index is 1.95. The highest BCUT2D eigenvalue weighted by molar-refractivity contribution is 5.91. The highest BCUT2D eigenvalue weighted by atomic mass is 16.2. The van der Waals surface area contributed by atoms with E-state index in [4.69, 9.17) is 5.73 Å². The van der Waals surface area contributed by atoms with Gasteiger partial charge in [0.2, 0.25) is 5.91 Å². The molecule has 1 aliphatic rings. The first kappa shape index (κ1) is 13.8. The van der Waals surface area contributed by atoms with Crippen LogP contribution in [-0.2, 0) is 4.79 Å². The highest BCUT2D eigenvalue weighted by Crippen LogP contribution is 2.22. The van der Waals surface area contributed by atoms with Gasteiger partial charge in [0.1, 0.15) is 0 Å². The molecule has 1 saturated heterocycles. The first-order chi connectivity index (χ1) is 9.20. The van der Waals surface area contributed by atoms with Crippen LogP contribution >= 0.6 is 0 Å². The SMILES string of the molecule is CC1CCN(C(=O)/C=C/c2ccccc2)CC1CN. The van der Waals surface area contributed by atoms with E-state index in [1.54, 1.807) is 6.08 Å². The summed E-state index contributed by atoms with van der Waals surface area (Å²) >= 11 is 0. The molecule has 3 heteroatoms. The third-order valence-corrected chi connectivity index (χ3v) is 3.95. The van der Waals surface area contributed by atoms with Gasteiger partial charge in [0, 0.05) is 19.2 Å². The summed E-state index contributed by atoms with van der Waals surface area (Å²) in [4.78, 5) is 14.1. The second kappa shape index (κ2) is 6.53. The molecule has 19 heavy (non-hydrogen) atoms. The maximum Gasteiger partial charge on any atom is 0.246 e. The van der Waals surface area contributed by atoms with Crippen molar-refractivity contribution in [2.24, 2.45) is 17.6 Å². The number of likely N-dealkylation sites (tertiary alicyclic amines) is 1. The Morgan fingerprint density at radius 1 is 1.42 bits per heavy atom. The lowest BCUT2D eigenvalue weighted by Crippen LogP contribution is -2.44. The van der Waals surface area contributed by atoms with Gasteiger partial charge in [-0.25, -0.2) is 0 Å². The molecule has 0 aromatic heterocycles. The lowest BCUT2D eigenvalue weighted by Gasteiger charge is -2.36. The summed E-state index contributed by atoms with van der Waals surface area (Å²) in [5.41, 5.74) is 6.82. The van der Waals surface area contributed by atoms with Gasteiger partial charge >= 0.3 is 0 Å². The van der Waals surface area contributed by atoms with Gasteiger partial charge in [-0.1, -0.05) is 37.3 Å². The largest absolute Gasteiger partial charge is 0.339 e. The third-order valence-electron chi connectivity index (χ3n) is 3.95. The zero-order valence-electron chi connectivity index (χ0n) is 11.5. The van der Waals surface area contributed by atoms with Gasteiger partial charge in [0.25, 0.3) is 0 Å². The van der Waals surface area contributed by atoms with Crippen LogP contribution in [0.4, 0.5) is 0 Å². The smallest absolute Gasteiger partial charge is 0.246 e. The van der Waals surface area contributed by atoms with E-state index in [2.05, 4.69) is 6.92 Å². The summed E-state index contributed by atoms with van der Waals surface area (Å²) in [6, 6.07) is 9.89. The van der Waals surface area contributed by atoms with E-state index in [1.165, 1.54) is 0 Å². The van der Waals surface area contributed by atoms with Crippen LogP contribution in [-0.4, -0.2) is 30.4 Å². The zero-order valence-corrected chi connectivity index (χ0v) is 11.5. The Morgan fingerprint density at radius 3 is 2.84 bits per heavy atom. The van der Waals surface area contributed by atoms with Crippen molar-refractivity contribution in [3.05, 3.63) is 42.0 Å². The molecule has 0 aliphatic carbocycles. The first-order valence-corrected chi connectivity index (χ1v) is 6.93. The molecule has 1 aromatic rings. The summed E-state index contributed by atoms with van der Waals surface area (Å²) in [5.74, 6) is 1.14. The zero-order chi connectivity index (χ0) is 13.7. The summed E-state index contributed by atoms with van der Waals surface area (Å²) < 4.78 is 0. The van der Waals surface area contributed by atoms with Gasteiger partial charge in [-0.2, -0.15) is 0 Å². The van der Waals surface area contributed by atoms with Crippen LogP contribution in [0.1, 0.15) is 18.9 Å². The van der Waals surface area contributed by atoms with E-state index >= 15 is 0 Å². The number of hydrogen-bond acceptors (Lipinski definition) is 2. The van der Waals surface area contributed by atoms with E-state index in [0.717, 1.165) is 25.1 Å². The fraction of sp³-hybridized carbons (Fsp3) is 0.438. The molecule has 2 N–H and O–H groups in total. The number of hydrogen-bond donors (Lipinski definition) is 1. The van der Waals surface area contributed by atoms with E-state index in [0.29, 0.717) is 18.4 Å². The first-order valence-electron chi connectivity index (χ1n) is 6.93. The Morgan fingerprint density at radius 2 is 2.16 bits per heavy atom. The molecule has 0 radical (unpaired) electrons. The molecule has 2 atom stereocenters. The predicted molar refractivity (Wildman–Crippen MR) is 78.4 cm³/mol. The number of benzene rings is 1. The monoisotopic (exact) mass is 258 g/mol. The molecule has 1 amide bonds. The standard InChI is InChI=1S/C16H22N2O/c1-13-9-10-18(12-15(13)11-17)16(19)8-7-14-5-3-2-4-6-14/h2-8,13,15H,9-12,17H2,1H3/b8-7+. The fourth-order valence-corrected chi connectivity index (χ4v) is 2.49. The molecule has 0 spiro atoms. The number of rotatable bonds is 3. The van der Waals surface area contributed by atoms with Gasteiger partial charge in [-0.05, 0) is 36.4 Å². The van der Waals surface area contributed by atoms with Crippen molar-refractivity contribution >= 4 is 12.0 Å². The molecule has 1 fully saturated rings. The molecule has 3 nitrogen and oxygen atoms in total. The summed E-state index contributed by atoms with van der Waals surface area (Å²) in [6.45, 7) is 4.51. The van der Waals surface area contributed by atoms with Crippen molar-refractivity contribution in [3.8, 4) is 0 Å². The maximum atomic E-state index is 12.1. The molecule has 1 aromatic carbocycles. The molecule has 1 heterocycles. The summed E-state index contributed by atoms with van der Waals surface area (Å²) in [5, 5.41) is 0. The minimum atomic E-state index is 0.0919. The van der Waals surface area contributed by atoms with Gasteiger partial charge < -0.3 is 10.6 Å². The van der Waals surface area contributed by atoms with Crippen molar-refractivity contribution in [2.45, 2.75) is 13.3 Å². The van der Waals surface area contributed by atoms with E-state index in [-0.39, 0.29) is 5.91 Å². The van der Waals surface area contributed by atoms with E-state index in [1.807, 2.05) is 41.3 Å². The van der Waals surface area contributed by atoms with Crippen molar-refractivity contribution in [2.75, 3.05) is 19.6 Å². The quantitative estimate of drug-likeness (QED) is 0.844. The lowest BCUT2D eigenvalue weighted by atomic mass is 9.87.